The molecule has 0 rings (SSSR count). The lowest BCUT2D eigenvalue weighted by Gasteiger charge is -2.21. The molecule has 0 heterocycles. The minimum Gasteiger partial charge on any atom is -0.462 e. The van der Waals surface area contributed by atoms with Gasteiger partial charge in [0.05, 0.1) is 26.4 Å². The quantitative estimate of drug-likeness (QED) is 0.0169. The molecule has 0 aromatic carbocycles. The van der Waals surface area contributed by atoms with E-state index >= 15 is 0 Å². The Labute approximate surface area is 535 Å². The molecule has 6 atom stereocenters. The number of phosphoric acid groups is 2. The van der Waals surface area contributed by atoms with Crippen molar-refractivity contribution < 1.29 is 80.2 Å². The van der Waals surface area contributed by atoms with Crippen LogP contribution in [0.2, 0.25) is 0 Å². The summed E-state index contributed by atoms with van der Waals surface area (Å²) in [5.41, 5.74) is 0. The second-order valence-corrected chi connectivity index (χ2v) is 28.3. The molecule has 0 aliphatic rings. The van der Waals surface area contributed by atoms with Gasteiger partial charge in [-0.15, -0.1) is 0 Å². The molecule has 0 saturated heterocycles. The van der Waals surface area contributed by atoms with E-state index < -0.39 is 97.5 Å². The molecule has 3 N–H and O–H groups in total. The number of allylic oxidation sites excluding steroid dienone is 4. The zero-order valence-corrected chi connectivity index (χ0v) is 58.5. The normalized spacial score (nSPS) is 14.7. The summed E-state index contributed by atoms with van der Waals surface area (Å²) in [4.78, 5) is 72.4. The number of unbranched alkanes of at least 4 members (excludes halogenated alkanes) is 29. The lowest BCUT2D eigenvalue weighted by atomic mass is 9.99. The van der Waals surface area contributed by atoms with Crippen LogP contribution in [0.25, 0.3) is 0 Å². The standard InChI is InChI=1S/C69H130O17P2/c1-8-10-11-12-13-14-15-16-17-18-19-20-30-38-45-52-68(73)85-64(56-79-66(71)50-43-36-29-24-22-28-35-42-49-62(7)9-2)58-83-87(75,76)81-54-63(70)55-82-88(77,78)84-59-65(57-80-67(72)51-44-37-32-25-27-34-41-48-61(5)6)86-69(74)53-46-39-31-23-21-26-33-40-47-60(3)4/h14-17,60-65,70H,8-13,18-59H2,1-7H3,(H,75,76)(H,77,78)/b15-14-,17-16-/t62?,63?,64-,65-/m1/s1. The summed E-state index contributed by atoms with van der Waals surface area (Å²) in [5, 5.41) is 10.6. The first-order valence-corrected chi connectivity index (χ1v) is 38.2. The van der Waals surface area contributed by atoms with Crippen LogP contribution in [0, 0.1) is 17.8 Å². The van der Waals surface area contributed by atoms with Gasteiger partial charge >= 0.3 is 39.5 Å². The molecule has 17 nitrogen and oxygen atoms in total. The van der Waals surface area contributed by atoms with Crippen LogP contribution in [-0.2, 0) is 65.4 Å². The van der Waals surface area contributed by atoms with Gasteiger partial charge in [-0.3, -0.25) is 37.3 Å². The molecule has 0 aliphatic heterocycles. The van der Waals surface area contributed by atoms with Crippen molar-refractivity contribution in [2.24, 2.45) is 17.8 Å². The number of hydrogen-bond donors (Lipinski definition) is 3. The minimum absolute atomic E-state index is 0.0839. The van der Waals surface area contributed by atoms with Gasteiger partial charge in [0, 0.05) is 25.7 Å². The number of hydrogen-bond acceptors (Lipinski definition) is 15. The van der Waals surface area contributed by atoms with E-state index in [0.717, 1.165) is 115 Å². The van der Waals surface area contributed by atoms with Crippen molar-refractivity contribution in [3.8, 4) is 0 Å². The summed E-state index contributed by atoms with van der Waals surface area (Å²) in [7, 11) is -9.91. The Morgan fingerprint density at radius 1 is 0.375 bits per heavy atom. The maximum atomic E-state index is 13.0. The third-order valence-corrected chi connectivity index (χ3v) is 17.5. The number of aliphatic hydroxyl groups is 1. The molecule has 0 radical (unpaired) electrons. The first-order valence-electron chi connectivity index (χ1n) is 35.2. The third-order valence-electron chi connectivity index (χ3n) is 15.6. The molecule has 4 unspecified atom stereocenters. The summed E-state index contributed by atoms with van der Waals surface area (Å²) in [6.45, 7) is 11.7. The predicted molar refractivity (Wildman–Crippen MR) is 354 cm³/mol. The molecule has 0 spiro atoms. The molecule has 518 valence electrons. The maximum Gasteiger partial charge on any atom is 0.472 e. The van der Waals surface area contributed by atoms with Crippen LogP contribution in [0.4, 0.5) is 0 Å². The lowest BCUT2D eigenvalue weighted by Crippen LogP contribution is -2.30. The molecule has 88 heavy (non-hydrogen) atoms. The highest BCUT2D eigenvalue weighted by molar-refractivity contribution is 7.47. The van der Waals surface area contributed by atoms with Crippen LogP contribution in [0.15, 0.2) is 24.3 Å². The maximum absolute atomic E-state index is 13.0. The fourth-order valence-corrected chi connectivity index (χ4v) is 11.4. The van der Waals surface area contributed by atoms with Gasteiger partial charge in [0.15, 0.2) is 12.2 Å². The number of rotatable bonds is 65. The second-order valence-electron chi connectivity index (χ2n) is 25.4. The van der Waals surface area contributed by atoms with Crippen molar-refractivity contribution in [3.63, 3.8) is 0 Å². The lowest BCUT2D eigenvalue weighted by molar-refractivity contribution is -0.161. The summed E-state index contributed by atoms with van der Waals surface area (Å²) in [6.07, 6.45) is 45.3. The first-order chi connectivity index (χ1) is 42.3. The Morgan fingerprint density at radius 2 is 0.670 bits per heavy atom. The summed E-state index contributed by atoms with van der Waals surface area (Å²) in [5.74, 6) is 0.0329. The van der Waals surface area contributed by atoms with Crippen molar-refractivity contribution in [1.29, 1.82) is 0 Å². The molecule has 0 saturated carbocycles. The zero-order valence-electron chi connectivity index (χ0n) is 56.7. The number of carbonyl (C=O) groups is 4. The van der Waals surface area contributed by atoms with E-state index in [1.54, 1.807) is 0 Å². The first kappa shape index (κ1) is 85.5. The van der Waals surface area contributed by atoms with Crippen molar-refractivity contribution in [1.82, 2.24) is 0 Å². The summed E-state index contributed by atoms with van der Waals surface area (Å²) >= 11 is 0. The van der Waals surface area contributed by atoms with E-state index in [1.807, 2.05) is 0 Å². The SMILES string of the molecule is CCCCCC/C=C\C=C/CCCCCCCC(=O)O[C@H](COC(=O)CCCCCCCCCCC(C)CC)COP(=O)(O)OCC(O)COP(=O)(O)OC[C@@H](COC(=O)CCCCCCCCCC(C)C)OC(=O)CCCCCCCCCCC(C)C. The van der Waals surface area contributed by atoms with Gasteiger partial charge in [-0.1, -0.05) is 265 Å². The van der Waals surface area contributed by atoms with E-state index in [0.29, 0.717) is 37.5 Å². The van der Waals surface area contributed by atoms with Crippen LogP contribution in [0.1, 0.15) is 318 Å². The van der Waals surface area contributed by atoms with Crippen LogP contribution in [0.5, 0.6) is 0 Å². The largest absolute Gasteiger partial charge is 0.472 e. The average molecular weight is 1290 g/mol. The van der Waals surface area contributed by atoms with E-state index in [1.165, 1.54) is 109 Å². The number of carbonyl (C=O) groups excluding carboxylic acids is 4. The number of esters is 4. The molecule has 0 bridgehead atoms. The van der Waals surface area contributed by atoms with Crippen molar-refractivity contribution in [3.05, 3.63) is 24.3 Å². The Morgan fingerprint density at radius 3 is 1.01 bits per heavy atom. The van der Waals surface area contributed by atoms with Gasteiger partial charge in [0.1, 0.15) is 19.3 Å². The van der Waals surface area contributed by atoms with Crippen LogP contribution >= 0.6 is 15.6 Å². The molecule has 0 fully saturated rings. The van der Waals surface area contributed by atoms with Crippen LogP contribution < -0.4 is 0 Å². The topological polar surface area (TPSA) is 237 Å². The van der Waals surface area contributed by atoms with Gasteiger partial charge < -0.3 is 33.8 Å². The Bertz CT molecular complexity index is 1830. The second kappa shape index (κ2) is 59.5. The fourth-order valence-electron chi connectivity index (χ4n) is 9.79. The molecule has 0 aliphatic carbocycles. The van der Waals surface area contributed by atoms with E-state index in [-0.39, 0.29) is 25.7 Å². The summed E-state index contributed by atoms with van der Waals surface area (Å²) in [6, 6.07) is 0. The Balaban J connectivity index is 5.30. The average Bonchev–Trinajstić information content (AvgIpc) is 3.70. The molecule has 0 aromatic heterocycles. The Hall–Kier alpha value is -2.46. The zero-order chi connectivity index (χ0) is 65.2. The van der Waals surface area contributed by atoms with Gasteiger partial charge in [-0.05, 0) is 69.1 Å². The summed E-state index contributed by atoms with van der Waals surface area (Å²) < 4.78 is 68.2. The van der Waals surface area contributed by atoms with E-state index in [4.69, 9.17) is 37.0 Å². The third kappa shape index (κ3) is 61.1. The van der Waals surface area contributed by atoms with Crippen molar-refractivity contribution in [2.45, 2.75) is 336 Å². The van der Waals surface area contributed by atoms with Gasteiger partial charge in [0.25, 0.3) is 0 Å². The predicted octanol–water partition coefficient (Wildman–Crippen LogP) is 19.0. The van der Waals surface area contributed by atoms with Crippen molar-refractivity contribution in [2.75, 3.05) is 39.6 Å². The van der Waals surface area contributed by atoms with E-state index in [2.05, 4.69) is 72.8 Å². The van der Waals surface area contributed by atoms with Gasteiger partial charge in [-0.25, -0.2) is 9.13 Å². The highest BCUT2D eigenvalue weighted by Gasteiger charge is 2.30. The Kier molecular flexibility index (Phi) is 57.9. The fraction of sp³-hybridized carbons (Fsp3) is 0.884. The highest BCUT2D eigenvalue weighted by Crippen LogP contribution is 2.45. The molecule has 19 heteroatoms. The minimum atomic E-state index is -4.96. The molecule has 0 amide bonds. The van der Waals surface area contributed by atoms with Gasteiger partial charge in [0.2, 0.25) is 0 Å². The highest BCUT2D eigenvalue weighted by atomic mass is 31.2. The molecular weight excluding hydrogens is 1160 g/mol. The molecular formula is C69H130O17P2. The number of aliphatic hydroxyl groups excluding tert-OH is 1. The number of phosphoric ester groups is 2. The smallest absolute Gasteiger partial charge is 0.462 e. The van der Waals surface area contributed by atoms with Crippen LogP contribution in [-0.4, -0.2) is 96.7 Å². The van der Waals surface area contributed by atoms with Crippen LogP contribution in [0.3, 0.4) is 0 Å². The number of ether oxygens (including phenoxy) is 4. The molecule has 0 aromatic rings. The van der Waals surface area contributed by atoms with Gasteiger partial charge in [-0.2, -0.15) is 0 Å². The van der Waals surface area contributed by atoms with E-state index in [9.17, 15) is 43.2 Å². The monoisotopic (exact) mass is 1290 g/mol. The van der Waals surface area contributed by atoms with Crippen molar-refractivity contribution >= 4 is 39.5 Å².